The predicted octanol–water partition coefficient (Wildman–Crippen LogP) is 3.19. The summed E-state index contributed by atoms with van der Waals surface area (Å²) in [6.07, 6.45) is 1.43. The summed E-state index contributed by atoms with van der Waals surface area (Å²) in [6, 6.07) is 13.6. The molecule has 0 spiro atoms. The van der Waals surface area contributed by atoms with E-state index < -0.39 is 11.9 Å². The van der Waals surface area contributed by atoms with Gasteiger partial charge in [-0.25, -0.2) is 4.79 Å². The lowest BCUT2D eigenvalue weighted by Gasteiger charge is -2.12. The quantitative estimate of drug-likeness (QED) is 0.384. The van der Waals surface area contributed by atoms with E-state index >= 15 is 0 Å². The van der Waals surface area contributed by atoms with Crippen LogP contribution in [0.2, 0.25) is 0 Å². The Morgan fingerprint density at radius 3 is 2.57 bits per heavy atom. The molecule has 2 rings (SSSR count). The fourth-order valence-electron chi connectivity index (χ4n) is 2.41. The van der Waals surface area contributed by atoms with Crippen LogP contribution >= 0.6 is 0 Å². The highest BCUT2D eigenvalue weighted by atomic mass is 16.6. The van der Waals surface area contributed by atoms with E-state index in [1.54, 1.807) is 49.4 Å². The Morgan fingerprint density at radius 1 is 1.10 bits per heavy atom. The van der Waals surface area contributed by atoms with Gasteiger partial charge in [-0.3, -0.25) is 4.79 Å². The monoisotopic (exact) mass is 410 g/mol. The lowest BCUT2D eigenvalue weighted by molar-refractivity contribution is -0.142. The van der Waals surface area contributed by atoms with Gasteiger partial charge < -0.3 is 24.3 Å². The molecule has 0 radical (unpaired) electrons. The van der Waals surface area contributed by atoms with Crippen molar-refractivity contribution in [3.63, 3.8) is 0 Å². The van der Waals surface area contributed by atoms with E-state index in [4.69, 9.17) is 14.2 Å². The molecular weight excluding hydrogens is 388 g/mol. The van der Waals surface area contributed by atoms with Crippen LogP contribution < -0.4 is 19.5 Å². The van der Waals surface area contributed by atoms with Crippen LogP contribution in [0.4, 0.5) is 5.69 Å². The largest absolute Gasteiger partial charge is 0.497 e. The minimum atomic E-state index is -0.560. The van der Waals surface area contributed by atoms with E-state index in [1.165, 1.54) is 20.3 Å². The van der Waals surface area contributed by atoms with Gasteiger partial charge in [-0.15, -0.1) is 0 Å². The molecule has 1 N–H and O–H groups in total. The molecule has 156 valence electrons. The highest BCUT2D eigenvalue weighted by molar-refractivity contribution is 6.09. The first-order valence-corrected chi connectivity index (χ1v) is 9.04. The minimum absolute atomic E-state index is 0.0940. The van der Waals surface area contributed by atoms with Crippen LogP contribution in [0.1, 0.15) is 12.5 Å². The number of hydrogen-bond acceptors (Lipinski definition) is 7. The second-order valence-electron chi connectivity index (χ2n) is 5.86. The minimum Gasteiger partial charge on any atom is -0.497 e. The zero-order valence-electron chi connectivity index (χ0n) is 16.9. The van der Waals surface area contributed by atoms with Crippen molar-refractivity contribution >= 4 is 23.6 Å². The van der Waals surface area contributed by atoms with Gasteiger partial charge in [0.05, 0.1) is 20.8 Å². The number of amides is 1. The smallest absolute Gasteiger partial charge is 0.343 e. The van der Waals surface area contributed by atoms with Crippen LogP contribution in [-0.2, 0) is 14.3 Å². The van der Waals surface area contributed by atoms with Crippen molar-refractivity contribution < 1.29 is 28.5 Å². The van der Waals surface area contributed by atoms with Gasteiger partial charge in [0.25, 0.3) is 5.91 Å². The third kappa shape index (κ3) is 6.27. The summed E-state index contributed by atoms with van der Waals surface area (Å²) in [5.74, 6) is 0.218. The molecule has 8 heteroatoms. The standard InChI is InChI=1S/C22H22N2O6/c1-4-29-20-11-15(8-9-19(20)30-14-21(25)28-3)10-16(13-23)22(26)24-17-6-5-7-18(12-17)27-2/h5-12H,4,14H2,1-3H3,(H,24,26). The molecule has 0 aliphatic heterocycles. The molecule has 0 aliphatic carbocycles. The third-order valence-electron chi connectivity index (χ3n) is 3.84. The molecule has 0 atom stereocenters. The van der Waals surface area contributed by atoms with Crippen LogP contribution in [-0.4, -0.2) is 39.3 Å². The number of carbonyl (C=O) groups excluding carboxylic acids is 2. The number of nitrogens with zero attached hydrogens (tertiary/aromatic N) is 1. The van der Waals surface area contributed by atoms with E-state index in [-0.39, 0.29) is 12.2 Å². The average molecular weight is 410 g/mol. The highest BCUT2D eigenvalue weighted by Gasteiger charge is 2.13. The molecule has 1 amide bonds. The molecule has 30 heavy (non-hydrogen) atoms. The summed E-state index contributed by atoms with van der Waals surface area (Å²) < 4.78 is 20.6. The molecule has 0 heterocycles. The van der Waals surface area contributed by atoms with Crippen molar-refractivity contribution in [2.45, 2.75) is 6.92 Å². The Bertz CT molecular complexity index is 978. The van der Waals surface area contributed by atoms with Crippen molar-refractivity contribution in [1.82, 2.24) is 0 Å². The number of carbonyl (C=O) groups is 2. The topological polar surface area (TPSA) is 107 Å². The highest BCUT2D eigenvalue weighted by Crippen LogP contribution is 2.29. The summed E-state index contributed by atoms with van der Waals surface area (Å²) in [6.45, 7) is 1.90. The Hall–Kier alpha value is -3.99. The molecule has 0 fully saturated rings. The third-order valence-corrected chi connectivity index (χ3v) is 3.84. The fraction of sp³-hybridized carbons (Fsp3) is 0.227. The molecule has 0 aliphatic rings. The van der Waals surface area contributed by atoms with Crippen molar-refractivity contribution in [3.05, 3.63) is 53.6 Å². The first kappa shape index (κ1) is 22.3. The van der Waals surface area contributed by atoms with Crippen LogP contribution in [0.3, 0.4) is 0 Å². The number of methoxy groups -OCH3 is 2. The average Bonchev–Trinajstić information content (AvgIpc) is 2.76. The number of rotatable bonds is 9. The fourth-order valence-corrected chi connectivity index (χ4v) is 2.41. The zero-order valence-corrected chi connectivity index (χ0v) is 16.9. The van der Waals surface area contributed by atoms with Gasteiger partial charge in [0.15, 0.2) is 18.1 Å². The van der Waals surface area contributed by atoms with Crippen LogP contribution in [0.25, 0.3) is 6.08 Å². The molecule has 0 bridgehead atoms. The summed E-state index contributed by atoms with van der Waals surface area (Å²) in [5.41, 5.74) is 0.965. The molecule has 2 aromatic carbocycles. The summed E-state index contributed by atoms with van der Waals surface area (Å²) >= 11 is 0. The summed E-state index contributed by atoms with van der Waals surface area (Å²) in [7, 11) is 2.79. The number of esters is 1. The van der Waals surface area contributed by atoms with Crippen molar-refractivity contribution in [3.8, 4) is 23.3 Å². The van der Waals surface area contributed by atoms with E-state index in [1.807, 2.05) is 6.07 Å². The van der Waals surface area contributed by atoms with Gasteiger partial charge in [0.2, 0.25) is 0 Å². The molecule has 2 aromatic rings. The Kier molecular flexibility index (Phi) is 8.27. The molecule has 0 unspecified atom stereocenters. The normalized spacial score (nSPS) is 10.5. The maximum atomic E-state index is 12.5. The SMILES string of the molecule is CCOc1cc(C=C(C#N)C(=O)Nc2cccc(OC)c2)ccc1OCC(=O)OC. The number of hydrogen-bond donors (Lipinski definition) is 1. The molecule has 0 aromatic heterocycles. The van der Waals surface area contributed by atoms with Gasteiger partial charge >= 0.3 is 5.97 Å². The van der Waals surface area contributed by atoms with Crippen LogP contribution in [0, 0.1) is 11.3 Å². The number of benzene rings is 2. The Morgan fingerprint density at radius 2 is 1.90 bits per heavy atom. The van der Waals surface area contributed by atoms with Gasteiger partial charge in [-0.2, -0.15) is 5.26 Å². The maximum absolute atomic E-state index is 12.5. The first-order valence-electron chi connectivity index (χ1n) is 9.04. The molecule has 0 saturated carbocycles. The summed E-state index contributed by atoms with van der Waals surface area (Å²) in [4.78, 5) is 23.8. The van der Waals surface area contributed by atoms with E-state index in [0.29, 0.717) is 35.1 Å². The Labute approximate surface area is 174 Å². The van der Waals surface area contributed by atoms with Gasteiger partial charge in [-0.1, -0.05) is 12.1 Å². The summed E-state index contributed by atoms with van der Waals surface area (Å²) in [5, 5.41) is 12.1. The molecule has 8 nitrogen and oxygen atoms in total. The van der Waals surface area contributed by atoms with Gasteiger partial charge in [-0.05, 0) is 42.8 Å². The van der Waals surface area contributed by atoms with Crippen LogP contribution in [0.5, 0.6) is 17.2 Å². The number of anilines is 1. The molecule has 0 saturated heterocycles. The van der Waals surface area contributed by atoms with E-state index in [2.05, 4.69) is 10.1 Å². The molecular formula is C22H22N2O6. The second kappa shape index (κ2) is 11.1. The lowest BCUT2D eigenvalue weighted by Crippen LogP contribution is -2.13. The van der Waals surface area contributed by atoms with Crippen molar-refractivity contribution in [1.29, 1.82) is 5.26 Å². The second-order valence-corrected chi connectivity index (χ2v) is 5.86. The first-order chi connectivity index (χ1) is 14.5. The number of ether oxygens (including phenoxy) is 4. The Balaban J connectivity index is 2.22. The zero-order chi connectivity index (χ0) is 21.9. The van der Waals surface area contributed by atoms with Gasteiger partial charge in [0.1, 0.15) is 17.4 Å². The number of nitrogens with one attached hydrogen (secondary N) is 1. The van der Waals surface area contributed by atoms with Gasteiger partial charge in [0, 0.05) is 11.8 Å². The lowest BCUT2D eigenvalue weighted by atomic mass is 10.1. The van der Waals surface area contributed by atoms with Crippen molar-refractivity contribution in [2.75, 3.05) is 32.8 Å². The van der Waals surface area contributed by atoms with Crippen LogP contribution in [0.15, 0.2) is 48.0 Å². The van der Waals surface area contributed by atoms with E-state index in [0.717, 1.165) is 0 Å². The van der Waals surface area contributed by atoms with E-state index in [9.17, 15) is 14.9 Å². The van der Waals surface area contributed by atoms with Crippen molar-refractivity contribution in [2.24, 2.45) is 0 Å². The predicted molar refractivity (Wildman–Crippen MR) is 110 cm³/mol. The number of nitriles is 1. The maximum Gasteiger partial charge on any atom is 0.343 e.